The molecule has 1 fully saturated rings. The van der Waals surface area contributed by atoms with E-state index < -0.39 is 5.60 Å². The number of nitrogens with two attached hydrogens (primary N) is 1. The minimum absolute atomic E-state index is 0.0307. The number of fused-ring (bicyclic) bond motifs is 1. The number of rotatable bonds is 1. The first-order valence-electron chi connectivity index (χ1n) is 6.74. The lowest BCUT2D eigenvalue weighted by molar-refractivity contribution is -0.132. The Morgan fingerprint density at radius 3 is 2.58 bits per heavy atom. The second kappa shape index (κ2) is 3.73. The van der Waals surface area contributed by atoms with Crippen LogP contribution in [0.15, 0.2) is 18.2 Å². The molecular formula is C15H20N2O2. The molecule has 4 heteroatoms. The standard InChI is InChI=1S/C15H20N2O2/c1-14(2)13(18)17(3)11-9-10(5-6-12(11)19-14)15(16)7-4-8-15/h5-6,9H,4,7-8,16H2,1-3H3. The van der Waals surface area contributed by atoms with Gasteiger partial charge in [-0.05, 0) is 50.8 Å². The Bertz CT molecular complexity index is 547. The number of hydrogen-bond acceptors (Lipinski definition) is 3. The molecule has 3 rings (SSSR count). The summed E-state index contributed by atoms with van der Waals surface area (Å²) in [7, 11) is 1.79. The van der Waals surface area contributed by atoms with Gasteiger partial charge in [0.25, 0.3) is 5.91 Å². The van der Waals surface area contributed by atoms with Crippen molar-refractivity contribution >= 4 is 11.6 Å². The molecule has 1 aromatic rings. The topological polar surface area (TPSA) is 55.6 Å². The lowest BCUT2D eigenvalue weighted by atomic mass is 9.72. The van der Waals surface area contributed by atoms with Crippen molar-refractivity contribution in [3.05, 3.63) is 23.8 Å². The smallest absolute Gasteiger partial charge is 0.270 e. The lowest BCUT2D eigenvalue weighted by Gasteiger charge is -2.41. The Morgan fingerprint density at radius 1 is 1.32 bits per heavy atom. The van der Waals surface area contributed by atoms with Gasteiger partial charge in [-0.1, -0.05) is 6.07 Å². The fourth-order valence-corrected chi connectivity index (χ4v) is 2.85. The fraction of sp³-hybridized carbons (Fsp3) is 0.533. The Kier molecular flexibility index (Phi) is 2.45. The van der Waals surface area contributed by atoms with Crippen molar-refractivity contribution in [1.29, 1.82) is 0 Å². The molecule has 0 atom stereocenters. The highest BCUT2D eigenvalue weighted by Gasteiger charge is 2.41. The predicted molar refractivity (Wildman–Crippen MR) is 74.3 cm³/mol. The maximum absolute atomic E-state index is 12.2. The number of anilines is 1. The van der Waals surface area contributed by atoms with Crippen LogP contribution in [0.3, 0.4) is 0 Å². The van der Waals surface area contributed by atoms with E-state index in [0.29, 0.717) is 0 Å². The first-order valence-corrected chi connectivity index (χ1v) is 6.74. The zero-order valence-corrected chi connectivity index (χ0v) is 11.7. The Labute approximate surface area is 113 Å². The van der Waals surface area contributed by atoms with E-state index >= 15 is 0 Å². The van der Waals surface area contributed by atoms with Crippen LogP contribution in [0.2, 0.25) is 0 Å². The monoisotopic (exact) mass is 260 g/mol. The molecule has 1 saturated carbocycles. The van der Waals surface area contributed by atoms with Crippen molar-refractivity contribution < 1.29 is 9.53 Å². The number of carbonyl (C=O) groups excluding carboxylic acids is 1. The van der Waals surface area contributed by atoms with Crippen molar-refractivity contribution in [2.24, 2.45) is 5.73 Å². The number of nitrogens with zero attached hydrogens (tertiary/aromatic N) is 1. The average Bonchev–Trinajstić information content (AvgIpc) is 2.33. The summed E-state index contributed by atoms with van der Waals surface area (Å²) in [5, 5.41) is 0. The van der Waals surface area contributed by atoms with Gasteiger partial charge in [0, 0.05) is 12.6 Å². The Balaban J connectivity index is 2.04. The number of carbonyl (C=O) groups is 1. The van der Waals surface area contributed by atoms with Crippen LogP contribution in [0.25, 0.3) is 0 Å². The highest BCUT2D eigenvalue weighted by Crippen LogP contribution is 2.44. The van der Waals surface area contributed by atoms with E-state index in [4.69, 9.17) is 10.5 Å². The van der Waals surface area contributed by atoms with Gasteiger partial charge < -0.3 is 15.4 Å². The molecule has 0 radical (unpaired) electrons. The highest BCUT2D eigenvalue weighted by atomic mass is 16.5. The average molecular weight is 260 g/mol. The summed E-state index contributed by atoms with van der Waals surface area (Å²) < 4.78 is 5.79. The number of ether oxygens (including phenoxy) is 1. The molecule has 0 unspecified atom stereocenters. The molecule has 1 aliphatic carbocycles. The van der Waals surface area contributed by atoms with Gasteiger partial charge in [-0.25, -0.2) is 0 Å². The quantitative estimate of drug-likeness (QED) is 0.841. The van der Waals surface area contributed by atoms with Gasteiger partial charge in [-0.2, -0.15) is 0 Å². The van der Waals surface area contributed by atoms with Gasteiger partial charge in [0.2, 0.25) is 0 Å². The molecule has 1 aliphatic heterocycles. The maximum atomic E-state index is 12.2. The van der Waals surface area contributed by atoms with E-state index in [-0.39, 0.29) is 11.4 Å². The van der Waals surface area contributed by atoms with Crippen LogP contribution < -0.4 is 15.4 Å². The molecule has 102 valence electrons. The van der Waals surface area contributed by atoms with Crippen LogP contribution in [-0.4, -0.2) is 18.6 Å². The lowest BCUT2D eigenvalue weighted by Crippen LogP contribution is -2.51. The second-order valence-electron chi connectivity index (χ2n) is 6.17. The van der Waals surface area contributed by atoms with Gasteiger partial charge in [-0.15, -0.1) is 0 Å². The molecule has 1 aromatic carbocycles. The predicted octanol–water partition coefficient (Wildman–Crippen LogP) is 2.16. The number of likely N-dealkylation sites (N-methyl/N-ethyl adjacent to an activating group) is 1. The molecule has 4 nitrogen and oxygen atoms in total. The summed E-state index contributed by atoms with van der Waals surface area (Å²) in [6, 6.07) is 5.96. The molecule has 1 heterocycles. The molecule has 0 saturated heterocycles. The summed E-state index contributed by atoms with van der Waals surface area (Å²) in [6.45, 7) is 3.58. The fourth-order valence-electron chi connectivity index (χ4n) is 2.85. The molecule has 1 amide bonds. The second-order valence-corrected chi connectivity index (χ2v) is 6.17. The van der Waals surface area contributed by atoms with Crippen LogP contribution in [0.4, 0.5) is 5.69 Å². The zero-order chi connectivity index (χ0) is 13.8. The minimum atomic E-state index is -0.805. The van der Waals surface area contributed by atoms with Crippen LogP contribution >= 0.6 is 0 Å². The third-order valence-electron chi connectivity index (χ3n) is 4.33. The van der Waals surface area contributed by atoms with E-state index in [2.05, 4.69) is 0 Å². The minimum Gasteiger partial charge on any atom is -0.476 e. The van der Waals surface area contributed by atoms with E-state index in [1.54, 1.807) is 25.8 Å². The van der Waals surface area contributed by atoms with E-state index in [9.17, 15) is 4.79 Å². The summed E-state index contributed by atoms with van der Waals surface area (Å²) >= 11 is 0. The van der Waals surface area contributed by atoms with Crippen LogP contribution in [0.1, 0.15) is 38.7 Å². The number of benzene rings is 1. The number of amides is 1. The van der Waals surface area contributed by atoms with E-state index in [1.807, 2.05) is 18.2 Å². The third kappa shape index (κ3) is 1.74. The van der Waals surface area contributed by atoms with Crippen molar-refractivity contribution in [2.45, 2.75) is 44.2 Å². The molecule has 2 aliphatic rings. The van der Waals surface area contributed by atoms with Crippen molar-refractivity contribution in [3.8, 4) is 5.75 Å². The molecule has 2 N–H and O–H groups in total. The van der Waals surface area contributed by atoms with Gasteiger partial charge in [0.15, 0.2) is 5.60 Å². The van der Waals surface area contributed by atoms with Crippen molar-refractivity contribution in [2.75, 3.05) is 11.9 Å². The molecule has 0 spiro atoms. The van der Waals surface area contributed by atoms with E-state index in [0.717, 1.165) is 29.8 Å². The van der Waals surface area contributed by atoms with Gasteiger partial charge in [-0.3, -0.25) is 4.79 Å². The Morgan fingerprint density at radius 2 is 2.00 bits per heavy atom. The number of hydrogen-bond donors (Lipinski definition) is 1. The molecule has 0 bridgehead atoms. The molecule has 19 heavy (non-hydrogen) atoms. The third-order valence-corrected chi connectivity index (χ3v) is 4.33. The first kappa shape index (κ1) is 12.5. The van der Waals surface area contributed by atoms with Gasteiger partial charge >= 0.3 is 0 Å². The van der Waals surface area contributed by atoms with Crippen LogP contribution in [0.5, 0.6) is 5.75 Å². The summed E-state index contributed by atoms with van der Waals surface area (Å²) in [5.41, 5.74) is 7.24. The largest absolute Gasteiger partial charge is 0.476 e. The van der Waals surface area contributed by atoms with E-state index in [1.165, 1.54) is 6.42 Å². The van der Waals surface area contributed by atoms with Crippen molar-refractivity contribution in [1.82, 2.24) is 0 Å². The Hall–Kier alpha value is -1.55. The maximum Gasteiger partial charge on any atom is 0.270 e. The summed E-state index contributed by atoms with van der Waals surface area (Å²) in [4.78, 5) is 13.9. The summed E-state index contributed by atoms with van der Waals surface area (Å²) in [6.07, 6.45) is 3.19. The molecular weight excluding hydrogens is 240 g/mol. The van der Waals surface area contributed by atoms with Gasteiger partial charge in [0.05, 0.1) is 5.69 Å². The van der Waals surface area contributed by atoms with Gasteiger partial charge in [0.1, 0.15) is 5.75 Å². The molecule has 0 aromatic heterocycles. The highest BCUT2D eigenvalue weighted by molar-refractivity contribution is 6.02. The SMILES string of the molecule is CN1C(=O)C(C)(C)Oc2ccc(C3(N)CCC3)cc21. The normalized spacial score (nSPS) is 23.4. The zero-order valence-electron chi connectivity index (χ0n) is 11.7. The first-order chi connectivity index (χ1) is 8.83. The van der Waals surface area contributed by atoms with Crippen LogP contribution in [-0.2, 0) is 10.3 Å². The van der Waals surface area contributed by atoms with Crippen molar-refractivity contribution in [3.63, 3.8) is 0 Å². The van der Waals surface area contributed by atoms with Crippen LogP contribution in [0, 0.1) is 0 Å². The summed E-state index contributed by atoms with van der Waals surface area (Å²) in [5.74, 6) is 0.718.